The molecule has 1 unspecified atom stereocenters. The second-order valence-corrected chi connectivity index (χ2v) is 6.82. The summed E-state index contributed by atoms with van der Waals surface area (Å²) in [6.45, 7) is 5.03. The van der Waals surface area contributed by atoms with Gasteiger partial charge in [0.05, 0.1) is 4.90 Å². The molecule has 0 bridgehead atoms. The molecule has 108 valence electrons. The zero-order valence-electron chi connectivity index (χ0n) is 11.5. The number of benzene rings is 1. The van der Waals surface area contributed by atoms with Crippen LogP contribution in [-0.2, 0) is 16.6 Å². The van der Waals surface area contributed by atoms with E-state index in [1.165, 1.54) is 6.07 Å². The highest BCUT2D eigenvalue weighted by Crippen LogP contribution is 2.20. The van der Waals surface area contributed by atoms with Gasteiger partial charge in [-0.3, -0.25) is 0 Å². The van der Waals surface area contributed by atoms with Gasteiger partial charge >= 0.3 is 0 Å². The van der Waals surface area contributed by atoms with Crippen LogP contribution in [0.3, 0.4) is 0 Å². The molecule has 0 aliphatic heterocycles. The van der Waals surface area contributed by atoms with E-state index in [9.17, 15) is 8.42 Å². The first-order valence-corrected chi connectivity index (χ1v) is 8.19. The molecule has 0 aliphatic carbocycles. The molecule has 1 aromatic carbocycles. The summed E-state index contributed by atoms with van der Waals surface area (Å²) in [6, 6.07) is 4.75. The third-order valence-electron chi connectivity index (χ3n) is 3.01. The van der Waals surface area contributed by atoms with E-state index in [1.807, 2.05) is 13.8 Å². The van der Waals surface area contributed by atoms with Crippen LogP contribution < -0.4 is 10.0 Å². The second kappa shape index (κ2) is 7.24. The molecular weight excluding hydrogens is 284 g/mol. The highest BCUT2D eigenvalue weighted by atomic mass is 35.5. The minimum Gasteiger partial charge on any atom is -0.316 e. The van der Waals surface area contributed by atoms with Gasteiger partial charge in [-0.15, -0.1) is 0 Å². The van der Waals surface area contributed by atoms with Crippen molar-refractivity contribution in [3.05, 3.63) is 28.8 Å². The SMILES string of the molecule is CCC(C)CNS(=O)(=O)c1ccc(Cl)c(CNC)c1. The molecule has 0 aromatic heterocycles. The molecule has 0 heterocycles. The molecule has 2 N–H and O–H groups in total. The molecule has 1 atom stereocenters. The van der Waals surface area contributed by atoms with Crippen molar-refractivity contribution in [2.24, 2.45) is 5.92 Å². The fourth-order valence-corrected chi connectivity index (χ4v) is 2.92. The maximum absolute atomic E-state index is 12.1. The average Bonchev–Trinajstić information content (AvgIpc) is 2.38. The van der Waals surface area contributed by atoms with Crippen LogP contribution in [0.15, 0.2) is 23.1 Å². The largest absolute Gasteiger partial charge is 0.316 e. The number of rotatable bonds is 7. The molecular formula is C13H21ClN2O2S. The van der Waals surface area contributed by atoms with Crippen molar-refractivity contribution < 1.29 is 8.42 Å². The van der Waals surface area contributed by atoms with E-state index in [4.69, 9.17) is 11.6 Å². The van der Waals surface area contributed by atoms with Gasteiger partial charge in [0.2, 0.25) is 10.0 Å². The van der Waals surface area contributed by atoms with E-state index in [2.05, 4.69) is 10.0 Å². The van der Waals surface area contributed by atoms with Gasteiger partial charge < -0.3 is 5.32 Å². The molecule has 19 heavy (non-hydrogen) atoms. The second-order valence-electron chi connectivity index (χ2n) is 4.65. The Morgan fingerprint density at radius 3 is 2.63 bits per heavy atom. The third-order valence-corrected chi connectivity index (χ3v) is 4.80. The minimum atomic E-state index is -3.46. The lowest BCUT2D eigenvalue weighted by Crippen LogP contribution is -2.28. The standard InChI is InChI=1S/C13H21ClN2O2S/c1-4-10(2)8-16-19(17,18)12-5-6-13(14)11(7-12)9-15-3/h5-7,10,15-16H,4,8-9H2,1-3H3. The summed E-state index contributed by atoms with van der Waals surface area (Å²) >= 11 is 6.02. The molecule has 0 saturated carbocycles. The summed E-state index contributed by atoms with van der Waals surface area (Å²) in [5.74, 6) is 0.318. The Hall–Kier alpha value is -0.620. The molecule has 0 saturated heterocycles. The Bertz CT molecular complexity index is 517. The minimum absolute atomic E-state index is 0.255. The van der Waals surface area contributed by atoms with Crippen LogP contribution in [0, 0.1) is 5.92 Å². The van der Waals surface area contributed by atoms with Gasteiger partial charge in [-0.25, -0.2) is 13.1 Å². The fraction of sp³-hybridized carbons (Fsp3) is 0.538. The highest BCUT2D eigenvalue weighted by molar-refractivity contribution is 7.89. The van der Waals surface area contributed by atoms with Crippen LogP contribution in [0.5, 0.6) is 0 Å². The van der Waals surface area contributed by atoms with Crippen LogP contribution in [0.4, 0.5) is 0 Å². The van der Waals surface area contributed by atoms with Crippen molar-refractivity contribution in [2.75, 3.05) is 13.6 Å². The van der Waals surface area contributed by atoms with E-state index in [1.54, 1.807) is 19.2 Å². The third kappa shape index (κ3) is 4.76. The molecule has 1 rings (SSSR count). The van der Waals surface area contributed by atoms with Gasteiger partial charge in [-0.1, -0.05) is 31.9 Å². The fourth-order valence-electron chi connectivity index (χ4n) is 1.52. The lowest BCUT2D eigenvalue weighted by molar-refractivity contribution is 0.528. The maximum Gasteiger partial charge on any atom is 0.240 e. The monoisotopic (exact) mass is 304 g/mol. The average molecular weight is 305 g/mol. The highest BCUT2D eigenvalue weighted by Gasteiger charge is 2.16. The summed E-state index contributed by atoms with van der Waals surface area (Å²) < 4.78 is 26.9. The van der Waals surface area contributed by atoms with Crippen molar-refractivity contribution in [2.45, 2.75) is 31.7 Å². The van der Waals surface area contributed by atoms with Gasteiger partial charge in [0.15, 0.2) is 0 Å². The molecule has 0 amide bonds. The van der Waals surface area contributed by atoms with E-state index in [0.717, 1.165) is 12.0 Å². The van der Waals surface area contributed by atoms with Gasteiger partial charge in [0, 0.05) is 18.1 Å². The Balaban J connectivity index is 2.92. The summed E-state index contributed by atoms with van der Waals surface area (Å²) in [5.41, 5.74) is 0.774. The summed E-state index contributed by atoms with van der Waals surface area (Å²) in [6.07, 6.45) is 0.939. The lowest BCUT2D eigenvalue weighted by Gasteiger charge is -2.12. The summed E-state index contributed by atoms with van der Waals surface area (Å²) in [7, 11) is -1.67. The van der Waals surface area contributed by atoms with Gasteiger partial charge in [0.25, 0.3) is 0 Å². The van der Waals surface area contributed by atoms with Crippen LogP contribution in [0.25, 0.3) is 0 Å². The smallest absolute Gasteiger partial charge is 0.240 e. The number of sulfonamides is 1. The van der Waals surface area contributed by atoms with E-state index < -0.39 is 10.0 Å². The number of nitrogens with one attached hydrogen (secondary N) is 2. The molecule has 1 aromatic rings. The Labute approximate surface area is 120 Å². The quantitative estimate of drug-likeness (QED) is 0.813. The first-order chi connectivity index (χ1) is 8.90. The van der Waals surface area contributed by atoms with Crippen molar-refractivity contribution >= 4 is 21.6 Å². The zero-order valence-corrected chi connectivity index (χ0v) is 13.1. The van der Waals surface area contributed by atoms with Gasteiger partial charge in [0.1, 0.15) is 0 Å². The van der Waals surface area contributed by atoms with Crippen LogP contribution in [-0.4, -0.2) is 22.0 Å². The first-order valence-electron chi connectivity index (χ1n) is 6.33. The summed E-state index contributed by atoms with van der Waals surface area (Å²) in [5, 5.41) is 3.53. The Morgan fingerprint density at radius 2 is 2.05 bits per heavy atom. The first kappa shape index (κ1) is 16.4. The van der Waals surface area contributed by atoms with Crippen molar-refractivity contribution in [3.8, 4) is 0 Å². The topological polar surface area (TPSA) is 58.2 Å². The van der Waals surface area contributed by atoms with Crippen molar-refractivity contribution in [3.63, 3.8) is 0 Å². The van der Waals surface area contributed by atoms with Crippen LogP contribution >= 0.6 is 11.6 Å². The zero-order chi connectivity index (χ0) is 14.5. The van der Waals surface area contributed by atoms with Crippen LogP contribution in [0.1, 0.15) is 25.8 Å². The number of halogens is 1. The molecule has 0 aliphatic rings. The van der Waals surface area contributed by atoms with E-state index in [0.29, 0.717) is 24.0 Å². The Morgan fingerprint density at radius 1 is 1.37 bits per heavy atom. The maximum atomic E-state index is 12.1. The number of hydrogen-bond acceptors (Lipinski definition) is 3. The molecule has 0 fully saturated rings. The van der Waals surface area contributed by atoms with Gasteiger partial charge in [-0.05, 0) is 36.7 Å². The Kier molecular flexibility index (Phi) is 6.26. The number of hydrogen-bond donors (Lipinski definition) is 2. The molecule has 4 nitrogen and oxygen atoms in total. The normalized spacial score (nSPS) is 13.5. The lowest BCUT2D eigenvalue weighted by atomic mass is 10.1. The molecule has 6 heteroatoms. The van der Waals surface area contributed by atoms with E-state index >= 15 is 0 Å². The van der Waals surface area contributed by atoms with Crippen molar-refractivity contribution in [1.29, 1.82) is 0 Å². The predicted octanol–water partition coefficient (Wildman–Crippen LogP) is 2.38. The van der Waals surface area contributed by atoms with Crippen LogP contribution in [0.2, 0.25) is 5.02 Å². The predicted molar refractivity (Wildman–Crippen MR) is 78.9 cm³/mol. The van der Waals surface area contributed by atoms with E-state index in [-0.39, 0.29) is 4.90 Å². The summed E-state index contributed by atoms with van der Waals surface area (Å²) in [4.78, 5) is 0.255. The molecule has 0 radical (unpaired) electrons. The van der Waals surface area contributed by atoms with Crippen molar-refractivity contribution in [1.82, 2.24) is 10.0 Å². The molecule has 0 spiro atoms. The van der Waals surface area contributed by atoms with Gasteiger partial charge in [-0.2, -0.15) is 0 Å².